The van der Waals surface area contributed by atoms with Crippen LogP contribution in [0.3, 0.4) is 0 Å². The highest BCUT2D eigenvalue weighted by Crippen LogP contribution is 2.34. The molecular weight excluding hydrogens is 509 g/mol. The molecule has 200 valence electrons. The Morgan fingerprint density at radius 3 is 2.60 bits per heavy atom. The number of imidazole rings is 1. The van der Waals surface area contributed by atoms with E-state index in [1.54, 1.807) is 24.7 Å². The van der Waals surface area contributed by atoms with Crippen molar-refractivity contribution >= 4 is 33.3 Å². The summed E-state index contributed by atoms with van der Waals surface area (Å²) in [5.41, 5.74) is 5.14. The van der Waals surface area contributed by atoms with Gasteiger partial charge in [0.2, 0.25) is 0 Å². The third-order valence-electron chi connectivity index (χ3n) is 7.27. The summed E-state index contributed by atoms with van der Waals surface area (Å²) in [6.07, 6.45) is 10.8. The monoisotopic (exact) mass is 535 g/mol. The number of aliphatic hydroxyl groups is 1. The summed E-state index contributed by atoms with van der Waals surface area (Å²) in [5, 5.41) is 21.1. The molecule has 0 amide bonds. The number of H-pyrrole nitrogens is 2. The maximum Gasteiger partial charge on any atom is 0.161 e. The largest absolute Gasteiger partial charge is 0.369 e. The summed E-state index contributed by atoms with van der Waals surface area (Å²) in [6.45, 7) is 1.92. The topological polar surface area (TPSA) is 132 Å². The second-order valence-corrected chi connectivity index (χ2v) is 9.89. The van der Waals surface area contributed by atoms with Crippen LogP contribution in [0.5, 0.6) is 0 Å². The SMILES string of the molecule is OC(Nc1cncc(-c2ncc3[nH]nc(-c4nc5c(N6CCCCC6)cncc5[nH]4)c3c2F)c1)c1ccccc1. The average Bonchev–Trinajstić information content (AvgIpc) is 3.63. The van der Waals surface area contributed by atoms with E-state index in [0.29, 0.717) is 33.8 Å². The molecule has 1 aliphatic heterocycles. The van der Waals surface area contributed by atoms with Gasteiger partial charge in [0.1, 0.15) is 16.9 Å². The van der Waals surface area contributed by atoms with E-state index in [9.17, 15) is 5.11 Å². The summed E-state index contributed by atoms with van der Waals surface area (Å²) < 4.78 is 16.1. The zero-order valence-corrected chi connectivity index (χ0v) is 21.5. The molecule has 0 spiro atoms. The van der Waals surface area contributed by atoms with E-state index in [0.717, 1.165) is 42.7 Å². The lowest BCUT2D eigenvalue weighted by Crippen LogP contribution is -2.29. The van der Waals surface area contributed by atoms with Gasteiger partial charge in [0.05, 0.1) is 52.6 Å². The molecule has 0 saturated carbocycles. The van der Waals surface area contributed by atoms with Crippen LogP contribution in [0, 0.1) is 5.82 Å². The van der Waals surface area contributed by atoms with E-state index in [2.05, 4.69) is 40.3 Å². The fourth-order valence-electron chi connectivity index (χ4n) is 5.27. The highest BCUT2D eigenvalue weighted by molar-refractivity contribution is 5.97. The van der Waals surface area contributed by atoms with Crippen molar-refractivity contribution in [1.82, 2.24) is 35.1 Å². The van der Waals surface area contributed by atoms with Crippen molar-refractivity contribution in [2.24, 2.45) is 0 Å². The normalized spacial score (nSPS) is 14.6. The molecule has 1 atom stereocenters. The Bertz CT molecular complexity index is 1810. The van der Waals surface area contributed by atoms with Gasteiger partial charge in [-0.1, -0.05) is 30.3 Å². The number of hydrogen-bond donors (Lipinski definition) is 4. The first-order chi connectivity index (χ1) is 19.7. The van der Waals surface area contributed by atoms with Crippen LogP contribution in [-0.2, 0) is 0 Å². The lowest BCUT2D eigenvalue weighted by molar-refractivity contribution is 0.208. The Hall–Kier alpha value is -4.90. The van der Waals surface area contributed by atoms with Gasteiger partial charge in [0, 0.05) is 30.4 Å². The molecule has 40 heavy (non-hydrogen) atoms. The van der Waals surface area contributed by atoms with Gasteiger partial charge in [-0.3, -0.25) is 20.1 Å². The Balaban J connectivity index is 1.26. The number of benzene rings is 1. The number of anilines is 2. The number of rotatable bonds is 6. The summed E-state index contributed by atoms with van der Waals surface area (Å²) in [6, 6.07) is 10.9. The summed E-state index contributed by atoms with van der Waals surface area (Å²) >= 11 is 0. The van der Waals surface area contributed by atoms with Crippen molar-refractivity contribution in [3.63, 3.8) is 0 Å². The summed E-state index contributed by atoms with van der Waals surface area (Å²) in [7, 11) is 0. The number of aromatic nitrogens is 7. The molecule has 1 saturated heterocycles. The third kappa shape index (κ3) is 4.30. The van der Waals surface area contributed by atoms with Crippen LogP contribution >= 0.6 is 0 Å². The molecule has 6 aromatic rings. The molecule has 1 fully saturated rings. The summed E-state index contributed by atoms with van der Waals surface area (Å²) in [5.74, 6) is -0.0956. The van der Waals surface area contributed by atoms with Crippen molar-refractivity contribution in [1.29, 1.82) is 0 Å². The second kappa shape index (κ2) is 10.0. The van der Waals surface area contributed by atoms with Gasteiger partial charge < -0.3 is 20.3 Å². The van der Waals surface area contributed by atoms with Crippen molar-refractivity contribution in [3.05, 3.63) is 78.8 Å². The lowest BCUT2D eigenvalue weighted by atomic mass is 10.1. The van der Waals surface area contributed by atoms with Gasteiger partial charge in [0.25, 0.3) is 0 Å². The highest BCUT2D eigenvalue weighted by atomic mass is 19.1. The van der Waals surface area contributed by atoms with Crippen molar-refractivity contribution < 1.29 is 9.50 Å². The number of aliphatic hydroxyl groups excluding tert-OH is 1. The first-order valence-electron chi connectivity index (χ1n) is 13.2. The quantitative estimate of drug-likeness (QED) is 0.214. The number of hydrogen-bond acceptors (Lipinski definition) is 8. The number of pyridine rings is 3. The minimum Gasteiger partial charge on any atom is -0.369 e. The molecule has 5 aromatic heterocycles. The van der Waals surface area contributed by atoms with Crippen LogP contribution in [0.1, 0.15) is 31.1 Å². The molecule has 1 unspecified atom stereocenters. The minimum absolute atomic E-state index is 0.118. The molecule has 0 radical (unpaired) electrons. The zero-order valence-electron chi connectivity index (χ0n) is 21.5. The third-order valence-corrected chi connectivity index (χ3v) is 7.27. The predicted octanol–water partition coefficient (Wildman–Crippen LogP) is 5.19. The number of piperidine rings is 1. The zero-order chi connectivity index (χ0) is 27.1. The molecule has 11 heteroatoms. The first kappa shape index (κ1) is 24.2. The van der Waals surface area contributed by atoms with E-state index < -0.39 is 12.0 Å². The second-order valence-electron chi connectivity index (χ2n) is 9.89. The van der Waals surface area contributed by atoms with Crippen molar-refractivity contribution in [3.8, 4) is 22.8 Å². The van der Waals surface area contributed by atoms with Gasteiger partial charge in [-0.2, -0.15) is 5.10 Å². The van der Waals surface area contributed by atoms with E-state index in [4.69, 9.17) is 4.98 Å². The Morgan fingerprint density at radius 1 is 0.925 bits per heavy atom. The van der Waals surface area contributed by atoms with Gasteiger partial charge in [-0.15, -0.1) is 0 Å². The molecule has 1 aromatic carbocycles. The molecule has 1 aliphatic rings. The van der Waals surface area contributed by atoms with Crippen LogP contribution < -0.4 is 10.2 Å². The molecule has 10 nitrogen and oxygen atoms in total. The predicted molar refractivity (Wildman–Crippen MR) is 151 cm³/mol. The molecule has 6 heterocycles. The van der Waals surface area contributed by atoms with E-state index in [1.165, 1.54) is 12.6 Å². The van der Waals surface area contributed by atoms with Crippen LogP contribution in [0.2, 0.25) is 0 Å². The average molecular weight is 536 g/mol. The number of nitrogens with one attached hydrogen (secondary N) is 3. The number of aromatic amines is 2. The highest BCUT2D eigenvalue weighted by Gasteiger charge is 2.23. The fourth-order valence-corrected chi connectivity index (χ4v) is 5.27. The maximum atomic E-state index is 16.1. The standard InChI is InChI=1S/C29H26FN9O/c30-24-23-20(15-33-25(24)18-11-19(13-31-12-18)34-29(40)17-7-3-1-4-8-17)37-38-27(23)28-35-21-14-32-16-22(26(21)36-28)39-9-5-2-6-10-39/h1,3-4,7-8,11-16,29,34,40H,2,5-6,9-10H2,(H,35,36)(H,37,38). The smallest absolute Gasteiger partial charge is 0.161 e. The minimum atomic E-state index is -0.948. The van der Waals surface area contributed by atoms with E-state index in [1.807, 2.05) is 36.5 Å². The van der Waals surface area contributed by atoms with Gasteiger partial charge in [-0.05, 0) is 25.3 Å². The molecule has 4 N–H and O–H groups in total. The van der Waals surface area contributed by atoms with Gasteiger partial charge in [-0.25, -0.2) is 9.37 Å². The molecule has 7 rings (SSSR count). The van der Waals surface area contributed by atoms with Crippen LogP contribution in [0.25, 0.3) is 44.7 Å². The van der Waals surface area contributed by atoms with E-state index in [-0.39, 0.29) is 11.1 Å². The Kier molecular flexibility index (Phi) is 6.05. The Labute approximate surface area is 228 Å². The maximum absolute atomic E-state index is 16.1. The summed E-state index contributed by atoms with van der Waals surface area (Å²) in [4.78, 5) is 23.4. The molecule has 0 bridgehead atoms. The van der Waals surface area contributed by atoms with E-state index >= 15 is 4.39 Å². The van der Waals surface area contributed by atoms with Crippen molar-refractivity contribution in [2.45, 2.75) is 25.5 Å². The first-order valence-corrected chi connectivity index (χ1v) is 13.2. The van der Waals surface area contributed by atoms with Gasteiger partial charge in [0.15, 0.2) is 17.9 Å². The molecular formula is C29H26FN9O. The fraction of sp³-hybridized carbons (Fsp3) is 0.207. The number of nitrogens with zero attached hydrogens (tertiary/aromatic N) is 6. The van der Waals surface area contributed by atoms with Crippen LogP contribution in [-0.4, -0.2) is 53.3 Å². The van der Waals surface area contributed by atoms with Gasteiger partial charge >= 0.3 is 0 Å². The lowest BCUT2D eigenvalue weighted by Gasteiger charge is -2.28. The number of halogens is 1. The molecule has 0 aliphatic carbocycles. The Morgan fingerprint density at radius 2 is 1.75 bits per heavy atom. The van der Waals surface area contributed by atoms with Crippen molar-refractivity contribution in [2.75, 3.05) is 23.3 Å². The van der Waals surface area contributed by atoms with Crippen LogP contribution in [0.4, 0.5) is 15.8 Å². The number of fused-ring (bicyclic) bond motifs is 2. The van der Waals surface area contributed by atoms with Crippen LogP contribution in [0.15, 0.2) is 67.4 Å².